The van der Waals surface area contributed by atoms with Crippen molar-refractivity contribution in [3.05, 3.63) is 58.0 Å². The first-order valence-electron chi connectivity index (χ1n) is 10.2. The second-order valence-electron chi connectivity index (χ2n) is 7.10. The van der Waals surface area contributed by atoms with Gasteiger partial charge < -0.3 is 9.32 Å². The number of halogens is 2. The first-order valence-corrected chi connectivity index (χ1v) is 11.4. The molecular weight excluding hydrogens is 471 g/mol. The van der Waals surface area contributed by atoms with Crippen LogP contribution in [0.25, 0.3) is 21.3 Å². The van der Waals surface area contributed by atoms with Crippen molar-refractivity contribution in [1.29, 1.82) is 0 Å². The van der Waals surface area contributed by atoms with Crippen LogP contribution in [0.4, 0.5) is 5.13 Å². The average Bonchev–Trinajstić information content (AvgIpc) is 3.31. The number of nitrogens with zero attached hydrogens (tertiary/aromatic N) is 4. The highest BCUT2D eigenvalue weighted by atomic mass is 35.5. The fraction of sp³-hybridized carbons (Fsp3) is 0.318. The Labute approximate surface area is 200 Å². The molecule has 0 aliphatic heterocycles. The Bertz CT molecular complexity index is 1280. The maximum atomic E-state index is 13.4. The van der Waals surface area contributed by atoms with E-state index < -0.39 is 5.76 Å². The molecule has 170 valence electrons. The van der Waals surface area contributed by atoms with Gasteiger partial charge in [-0.3, -0.25) is 14.3 Å². The van der Waals surface area contributed by atoms with E-state index in [1.807, 2.05) is 18.2 Å². The van der Waals surface area contributed by atoms with Crippen LogP contribution in [0.15, 0.2) is 51.7 Å². The van der Waals surface area contributed by atoms with Gasteiger partial charge in [0.1, 0.15) is 6.54 Å². The number of fused-ring (bicyclic) bond motifs is 2. The quantitative estimate of drug-likeness (QED) is 0.356. The topological polar surface area (TPSA) is 71.6 Å². The predicted molar refractivity (Wildman–Crippen MR) is 132 cm³/mol. The molecule has 0 unspecified atom stereocenters. The van der Waals surface area contributed by atoms with Crippen LogP contribution in [0.5, 0.6) is 0 Å². The van der Waals surface area contributed by atoms with Gasteiger partial charge >= 0.3 is 5.76 Å². The third-order valence-electron chi connectivity index (χ3n) is 5.27. The zero-order chi connectivity index (χ0) is 22.0. The van der Waals surface area contributed by atoms with Gasteiger partial charge in [-0.25, -0.2) is 9.78 Å². The van der Waals surface area contributed by atoms with Gasteiger partial charge in [0, 0.05) is 18.1 Å². The molecule has 7 nitrogen and oxygen atoms in total. The summed E-state index contributed by atoms with van der Waals surface area (Å²) in [6.07, 6.45) is 0. The lowest BCUT2D eigenvalue weighted by molar-refractivity contribution is -0.119. The van der Waals surface area contributed by atoms with Gasteiger partial charge in [0.25, 0.3) is 0 Å². The number of hydrogen-bond donors (Lipinski definition) is 0. The van der Waals surface area contributed by atoms with Crippen LogP contribution in [-0.4, -0.2) is 46.5 Å². The number of anilines is 1. The Hall–Kier alpha value is -2.39. The van der Waals surface area contributed by atoms with Crippen LogP contribution >= 0.6 is 35.3 Å². The number of carbonyl (C=O) groups is 1. The van der Waals surface area contributed by atoms with E-state index >= 15 is 0 Å². The van der Waals surface area contributed by atoms with Crippen LogP contribution < -0.4 is 10.7 Å². The van der Waals surface area contributed by atoms with E-state index in [0.29, 0.717) is 34.3 Å². The van der Waals surface area contributed by atoms with E-state index in [4.69, 9.17) is 16.0 Å². The first-order chi connectivity index (χ1) is 15.0. The van der Waals surface area contributed by atoms with Crippen molar-refractivity contribution in [1.82, 2.24) is 14.5 Å². The van der Waals surface area contributed by atoms with Gasteiger partial charge in [0.15, 0.2) is 10.7 Å². The van der Waals surface area contributed by atoms with Crippen LogP contribution in [0.3, 0.4) is 0 Å². The van der Waals surface area contributed by atoms with Gasteiger partial charge in [-0.2, -0.15) is 0 Å². The average molecular weight is 495 g/mol. The number of benzene rings is 2. The van der Waals surface area contributed by atoms with E-state index in [1.165, 1.54) is 15.9 Å². The molecule has 2 aromatic carbocycles. The fourth-order valence-corrected chi connectivity index (χ4v) is 4.78. The number of hydrogen-bond acceptors (Lipinski definition) is 6. The van der Waals surface area contributed by atoms with Crippen molar-refractivity contribution < 1.29 is 9.21 Å². The molecule has 0 N–H and O–H groups in total. The van der Waals surface area contributed by atoms with Crippen molar-refractivity contribution in [3.8, 4) is 0 Å². The van der Waals surface area contributed by atoms with Crippen LogP contribution in [0.2, 0.25) is 5.02 Å². The van der Waals surface area contributed by atoms with Crippen molar-refractivity contribution in [2.45, 2.75) is 20.4 Å². The summed E-state index contributed by atoms with van der Waals surface area (Å²) in [6.45, 7) is 7.01. The van der Waals surface area contributed by atoms with E-state index in [1.54, 1.807) is 29.2 Å². The first kappa shape index (κ1) is 24.3. The molecule has 0 radical (unpaired) electrons. The smallest absolute Gasteiger partial charge is 0.408 e. The molecule has 0 atom stereocenters. The molecule has 4 aromatic rings. The summed E-state index contributed by atoms with van der Waals surface area (Å²) >= 11 is 7.54. The van der Waals surface area contributed by atoms with Gasteiger partial charge in [0.05, 0.1) is 15.7 Å². The zero-order valence-electron chi connectivity index (χ0n) is 17.8. The Morgan fingerprint density at radius 2 is 1.91 bits per heavy atom. The number of amides is 1. The van der Waals surface area contributed by atoms with E-state index in [2.05, 4.69) is 23.7 Å². The molecule has 0 saturated carbocycles. The molecule has 0 saturated heterocycles. The van der Waals surface area contributed by atoms with Gasteiger partial charge in [-0.15, -0.1) is 12.4 Å². The molecule has 0 spiro atoms. The maximum absolute atomic E-state index is 13.4. The monoisotopic (exact) mass is 494 g/mol. The molecule has 0 aliphatic rings. The largest absolute Gasteiger partial charge is 0.420 e. The number of aromatic nitrogens is 2. The SMILES string of the molecule is CCN(CC)CCN(C(=O)Cn1c(=O)oc2ccccc21)c1nc2ccc(Cl)cc2s1.Cl. The Morgan fingerprint density at radius 3 is 2.66 bits per heavy atom. The molecule has 2 heterocycles. The van der Waals surface area contributed by atoms with E-state index in [-0.39, 0.29) is 24.9 Å². The lowest BCUT2D eigenvalue weighted by Crippen LogP contribution is -2.41. The second kappa shape index (κ2) is 10.5. The Balaban J connectivity index is 0.00000289. The molecule has 0 fully saturated rings. The van der Waals surface area contributed by atoms with Crippen molar-refractivity contribution >= 4 is 67.7 Å². The molecule has 4 rings (SSSR count). The highest BCUT2D eigenvalue weighted by Crippen LogP contribution is 2.31. The minimum Gasteiger partial charge on any atom is -0.408 e. The van der Waals surface area contributed by atoms with Crippen LogP contribution in [0, 0.1) is 0 Å². The highest BCUT2D eigenvalue weighted by molar-refractivity contribution is 7.22. The summed E-state index contributed by atoms with van der Waals surface area (Å²) in [5, 5.41) is 1.22. The number of para-hydroxylation sites is 2. The van der Waals surface area contributed by atoms with E-state index in [0.717, 1.165) is 23.3 Å². The molecule has 10 heteroatoms. The highest BCUT2D eigenvalue weighted by Gasteiger charge is 2.23. The summed E-state index contributed by atoms with van der Waals surface area (Å²) in [5.41, 5.74) is 1.85. The Kier molecular flexibility index (Phi) is 7.95. The lowest BCUT2D eigenvalue weighted by Gasteiger charge is -2.24. The molecule has 32 heavy (non-hydrogen) atoms. The van der Waals surface area contributed by atoms with Crippen molar-refractivity contribution in [3.63, 3.8) is 0 Å². The zero-order valence-corrected chi connectivity index (χ0v) is 20.2. The second-order valence-corrected chi connectivity index (χ2v) is 8.55. The van der Waals surface area contributed by atoms with Crippen molar-refractivity contribution in [2.24, 2.45) is 0 Å². The number of carbonyl (C=O) groups excluding carboxylic acids is 1. The maximum Gasteiger partial charge on any atom is 0.420 e. The number of likely N-dealkylation sites (N-methyl/N-ethyl adjacent to an activating group) is 1. The van der Waals surface area contributed by atoms with Gasteiger partial charge in [-0.1, -0.05) is 48.9 Å². The summed E-state index contributed by atoms with van der Waals surface area (Å²) < 4.78 is 7.56. The van der Waals surface area contributed by atoms with Crippen LogP contribution in [0.1, 0.15) is 13.8 Å². The van der Waals surface area contributed by atoms with E-state index in [9.17, 15) is 9.59 Å². The molecule has 1 amide bonds. The fourth-order valence-electron chi connectivity index (χ4n) is 3.49. The summed E-state index contributed by atoms with van der Waals surface area (Å²) in [6, 6.07) is 12.6. The lowest BCUT2D eigenvalue weighted by atomic mass is 10.3. The summed E-state index contributed by atoms with van der Waals surface area (Å²) in [5.74, 6) is -0.764. The standard InChI is InChI=1S/C22H23ClN4O3S.ClH/c1-3-25(4-2)11-12-26(21-24-16-10-9-15(23)13-19(16)31-21)20(28)14-27-17-7-5-6-8-18(17)30-22(27)29;/h5-10,13H,3-4,11-12,14H2,1-2H3;1H. The minimum atomic E-state index is -0.547. The summed E-state index contributed by atoms with van der Waals surface area (Å²) in [4.78, 5) is 34.3. The Morgan fingerprint density at radius 1 is 1.16 bits per heavy atom. The molecule has 0 aliphatic carbocycles. The van der Waals surface area contributed by atoms with Crippen LogP contribution in [-0.2, 0) is 11.3 Å². The van der Waals surface area contributed by atoms with Gasteiger partial charge in [-0.05, 0) is 43.4 Å². The molecule has 2 aromatic heterocycles. The van der Waals surface area contributed by atoms with Crippen molar-refractivity contribution in [2.75, 3.05) is 31.1 Å². The van der Waals surface area contributed by atoms with Gasteiger partial charge in [0.2, 0.25) is 5.91 Å². The molecule has 0 bridgehead atoms. The number of rotatable bonds is 8. The molecular formula is C22H24Cl2N4O3S. The third kappa shape index (κ3) is 4.99. The third-order valence-corrected chi connectivity index (χ3v) is 6.55. The summed E-state index contributed by atoms with van der Waals surface area (Å²) in [7, 11) is 0. The minimum absolute atomic E-state index is 0. The normalized spacial score (nSPS) is 11.2. The number of thiazole rings is 1. The predicted octanol–water partition coefficient (Wildman–Crippen LogP) is 4.65. The number of oxazole rings is 1.